The van der Waals surface area contributed by atoms with Crippen molar-refractivity contribution in [3.8, 4) is 0 Å². The van der Waals surface area contributed by atoms with E-state index in [2.05, 4.69) is 0 Å². The van der Waals surface area contributed by atoms with Gasteiger partial charge in [-0.1, -0.05) is 36.4 Å². The quantitative estimate of drug-likeness (QED) is 0.815. The van der Waals surface area contributed by atoms with Crippen LogP contribution in [0.2, 0.25) is 0 Å². The fraction of sp³-hybridized carbons (Fsp3) is 0.429. The fourth-order valence-corrected chi connectivity index (χ4v) is 4.63. The molecule has 1 unspecified atom stereocenters. The number of benzene rings is 2. The molecule has 2 amide bonds. The first-order chi connectivity index (χ1) is 12.7. The lowest BCUT2D eigenvalue weighted by Crippen LogP contribution is -3.20. The van der Waals surface area contributed by atoms with Crippen molar-refractivity contribution in [3.05, 3.63) is 42.5 Å². The number of amides is 2. The van der Waals surface area contributed by atoms with Gasteiger partial charge in [0.1, 0.15) is 0 Å². The summed E-state index contributed by atoms with van der Waals surface area (Å²) in [6, 6.07) is 13.5. The molecule has 4 rings (SSSR count). The number of fused-ring (bicyclic) bond motifs is 1. The van der Waals surface area contributed by atoms with Crippen LogP contribution in [-0.2, 0) is 9.59 Å². The predicted octanol–water partition coefficient (Wildman–Crippen LogP) is 1.29. The van der Waals surface area contributed by atoms with Gasteiger partial charge in [-0.15, -0.1) is 0 Å². The van der Waals surface area contributed by atoms with E-state index in [1.54, 1.807) is 0 Å². The third-order valence-corrected chi connectivity index (χ3v) is 5.87. The number of hydrogen-bond acceptors (Lipinski definition) is 3. The van der Waals surface area contributed by atoms with Crippen molar-refractivity contribution in [2.75, 3.05) is 18.1 Å². The minimum Gasteiger partial charge on any atom is -0.396 e. The third kappa shape index (κ3) is 2.91. The van der Waals surface area contributed by atoms with Crippen LogP contribution in [0.15, 0.2) is 42.5 Å². The van der Waals surface area contributed by atoms with Gasteiger partial charge in [0.25, 0.3) is 5.91 Å². The van der Waals surface area contributed by atoms with E-state index >= 15 is 0 Å². The fourth-order valence-electron chi connectivity index (χ4n) is 4.63. The molecule has 2 aliphatic rings. The molecule has 136 valence electrons. The molecule has 2 N–H and O–H groups in total. The van der Waals surface area contributed by atoms with E-state index in [4.69, 9.17) is 0 Å². The van der Waals surface area contributed by atoms with Gasteiger partial charge in [0.2, 0.25) is 5.91 Å². The van der Waals surface area contributed by atoms with Crippen LogP contribution in [0.4, 0.5) is 5.69 Å². The molecule has 0 aliphatic carbocycles. The van der Waals surface area contributed by atoms with Gasteiger partial charge in [-0.25, -0.2) is 4.90 Å². The van der Waals surface area contributed by atoms with Crippen molar-refractivity contribution < 1.29 is 19.6 Å². The monoisotopic (exact) mass is 353 g/mol. The van der Waals surface area contributed by atoms with E-state index in [-0.39, 0.29) is 36.9 Å². The van der Waals surface area contributed by atoms with Crippen LogP contribution in [0.1, 0.15) is 32.1 Å². The van der Waals surface area contributed by atoms with Crippen molar-refractivity contribution in [3.63, 3.8) is 0 Å². The first-order valence-electron chi connectivity index (χ1n) is 9.51. The maximum atomic E-state index is 13.2. The van der Waals surface area contributed by atoms with Crippen LogP contribution in [0.25, 0.3) is 10.8 Å². The molecule has 0 radical (unpaired) electrons. The lowest BCUT2D eigenvalue weighted by atomic mass is 9.97. The van der Waals surface area contributed by atoms with Gasteiger partial charge >= 0.3 is 0 Å². The number of hydrogen-bond donors (Lipinski definition) is 2. The second-order valence-corrected chi connectivity index (χ2v) is 7.35. The molecule has 2 aromatic carbocycles. The first-order valence-corrected chi connectivity index (χ1v) is 9.51. The van der Waals surface area contributed by atoms with E-state index in [1.807, 2.05) is 42.5 Å². The van der Waals surface area contributed by atoms with Crippen LogP contribution in [0, 0.1) is 0 Å². The number of aliphatic hydroxyl groups excluding tert-OH is 1. The van der Waals surface area contributed by atoms with Crippen molar-refractivity contribution in [1.29, 1.82) is 0 Å². The van der Waals surface area contributed by atoms with Crippen molar-refractivity contribution in [1.82, 2.24) is 0 Å². The van der Waals surface area contributed by atoms with Crippen LogP contribution in [0.3, 0.4) is 0 Å². The van der Waals surface area contributed by atoms with Crippen LogP contribution in [0.5, 0.6) is 0 Å². The van der Waals surface area contributed by atoms with Crippen LogP contribution < -0.4 is 9.80 Å². The van der Waals surface area contributed by atoms with E-state index < -0.39 is 0 Å². The Labute approximate surface area is 153 Å². The minimum absolute atomic E-state index is 0.0915. The lowest BCUT2D eigenvalue weighted by molar-refractivity contribution is -0.945. The average molecular weight is 353 g/mol. The minimum atomic E-state index is -0.321. The molecule has 0 saturated carbocycles. The Bertz CT molecular complexity index is 828. The van der Waals surface area contributed by atoms with Crippen molar-refractivity contribution in [2.24, 2.45) is 0 Å². The van der Waals surface area contributed by atoms with E-state index in [1.165, 1.54) is 9.80 Å². The summed E-state index contributed by atoms with van der Waals surface area (Å²) >= 11 is 0. The normalized spacial score (nSPS) is 26.7. The zero-order chi connectivity index (χ0) is 18.1. The number of carbonyl (C=O) groups is 2. The Hall–Kier alpha value is -2.24. The summed E-state index contributed by atoms with van der Waals surface area (Å²) in [5, 5.41) is 11.3. The van der Waals surface area contributed by atoms with Gasteiger partial charge < -0.3 is 10.0 Å². The topological polar surface area (TPSA) is 62.1 Å². The Morgan fingerprint density at radius 1 is 1.08 bits per heavy atom. The molecule has 2 heterocycles. The number of piperidine rings is 1. The Balaban J connectivity index is 1.67. The number of rotatable bonds is 4. The highest BCUT2D eigenvalue weighted by molar-refractivity contribution is 6.24. The van der Waals surface area contributed by atoms with Crippen molar-refractivity contribution >= 4 is 28.3 Å². The van der Waals surface area contributed by atoms with Gasteiger partial charge in [0.05, 0.1) is 24.7 Å². The van der Waals surface area contributed by atoms with Gasteiger partial charge in [0, 0.05) is 18.4 Å². The molecular weight excluding hydrogens is 328 g/mol. The maximum absolute atomic E-state index is 13.2. The zero-order valence-electron chi connectivity index (χ0n) is 14.9. The second-order valence-electron chi connectivity index (χ2n) is 7.35. The molecule has 3 atom stereocenters. The summed E-state index contributed by atoms with van der Waals surface area (Å²) < 4.78 is 0. The van der Waals surface area contributed by atoms with Gasteiger partial charge in [-0.05, 0) is 30.7 Å². The summed E-state index contributed by atoms with van der Waals surface area (Å²) in [5.74, 6) is -0.205. The summed E-state index contributed by atoms with van der Waals surface area (Å²) in [5.41, 5.74) is 0.690. The number of imide groups is 1. The highest BCUT2D eigenvalue weighted by Gasteiger charge is 2.48. The molecule has 5 heteroatoms. The number of nitrogens with one attached hydrogen (secondary N) is 1. The molecule has 0 spiro atoms. The molecule has 0 aromatic heterocycles. The summed E-state index contributed by atoms with van der Waals surface area (Å²) in [4.78, 5) is 28.6. The zero-order valence-corrected chi connectivity index (χ0v) is 14.9. The SMILES string of the molecule is O=C1C[C@@H]([NH+]2CCCC[C@@H]2CCO)C(=O)N1c1cccc2ccccc12. The van der Waals surface area contributed by atoms with Gasteiger partial charge in [-0.2, -0.15) is 0 Å². The predicted molar refractivity (Wildman–Crippen MR) is 100 cm³/mol. The molecule has 5 nitrogen and oxygen atoms in total. The largest absolute Gasteiger partial charge is 0.396 e. The van der Waals surface area contributed by atoms with Crippen molar-refractivity contribution in [2.45, 2.75) is 44.2 Å². The number of aliphatic hydroxyl groups is 1. The molecule has 2 aliphatic heterocycles. The Kier molecular flexibility index (Phi) is 4.74. The smallest absolute Gasteiger partial charge is 0.292 e. The number of anilines is 1. The molecular formula is C21H25N2O3+. The second kappa shape index (κ2) is 7.17. The van der Waals surface area contributed by atoms with Gasteiger partial charge in [-0.3, -0.25) is 9.59 Å². The Morgan fingerprint density at radius 2 is 1.88 bits per heavy atom. The third-order valence-electron chi connectivity index (χ3n) is 5.87. The molecule has 2 aromatic rings. The van der Waals surface area contributed by atoms with E-state index in [0.717, 1.165) is 36.6 Å². The average Bonchev–Trinajstić information content (AvgIpc) is 2.96. The molecule has 0 bridgehead atoms. The maximum Gasteiger partial charge on any atom is 0.292 e. The summed E-state index contributed by atoms with van der Waals surface area (Å²) in [6.45, 7) is 1.04. The number of likely N-dealkylation sites (tertiary alicyclic amines) is 1. The molecule has 2 fully saturated rings. The molecule has 26 heavy (non-hydrogen) atoms. The van der Waals surface area contributed by atoms with E-state index in [9.17, 15) is 14.7 Å². The van der Waals surface area contributed by atoms with E-state index in [0.29, 0.717) is 12.1 Å². The number of quaternary nitrogens is 1. The van der Waals surface area contributed by atoms with Crippen LogP contribution >= 0.6 is 0 Å². The lowest BCUT2D eigenvalue weighted by Gasteiger charge is -2.35. The number of nitrogens with zero attached hydrogens (tertiary/aromatic N) is 1. The number of carbonyl (C=O) groups excluding carboxylic acids is 2. The highest BCUT2D eigenvalue weighted by atomic mass is 16.3. The van der Waals surface area contributed by atoms with Gasteiger partial charge in [0.15, 0.2) is 6.04 Å². The first kappa shape index (κ1) is 17.2. The Morgan fingerprint density at radius 3 is 2.73 bits per heavy atom. The highest BCUT2D eigenvalue weighted by Crippen LogP contribution is 2.30. The molecule has 2 saturated heterocycles. The summed E-state index contributed by atoms with van der Waals surface area (Å²) in [7, 11) is 0. The standard InChI is InChI=1S/C21H24N2O3/c24-13-11-16-8-3-4-12-22(16)19-14-20(25)23(21(19)26)18-10-5-7-15-6-1-2-9-17(15)18/h1-2,5-7,9-10,16,19,24H,3-4,8,11-14H2/p+1/t16-,19-/m1/s1. The summed E-state index contributed by atoms with van der Waals surface area (Å²) in [6.07, 6.45) is 4.18. The van der Waals surface area contributed by atoms with Crippen LogP contribution in [-0.4, -0.2) is 42.2 Å².